The molecule has 2 heterocycles. The summed E-state index contributed by atoms with van der Waals surface area (Å²) in [5.74, 6) is -0.280. The lowest BCUT2D eigenvalue weighted by molar-refractivity contribution is -0.00447. The normalized spacial score (nSPS) is 18.0. The zero-order valence-corrected chi connectivity index (χ0v) is 12.8. The minimum absolute atomic E-state index is 0.0139. The van der Waals surface area contributed by atoms with E-state index in [1.807, 2.05) is 24.3 Å². The largest absolute Gasteiger partial charge is 0.385 e. The third-order valence-corrected chi connectivity index (χ3v) is 4.39. The number of aliphatic hydroxyl groups is 2. The minimum atomic E-state index is -1.04. The summed E-state index contributed by atoms with van der Waals surface area (Å²) in [5.41, 5.74) is 1.52. The zero-order valence-electron chi connectivity index (χ0n) is 12.8. The van der Waals surface area contributed by atoms with Crippen molar-refractivity contribution in [1.29, 1.82) is 0 Å². The van der Waals surface area contributed by atoms with Gasteiger partial charge in [-0.25, -0.2) is 0 Å². The van der Waals surface area contributed by atoms with Crippen LogP contribution in [0.5, 0.6) is 0 Å². The van der Waals surface area contributed by atoms with Crippen LogP contribution in [0.3, 0.4) is 0 Å². The Balaban J connectivity index is 1.60. The molecule has 24 heavy (non-hydrogen) atoms. The number of β-amino-alcohol motifs (C(OH)–C–C–N with tert-alkyl or cyclic N) is 1. The molecule has 4 rings (SSSR count). The number of aliphatic hydroxyl groups excluding tert-OH is 2. The lowest BCUT2D eigenvalue weighted by Gasteiger charge is -2.23. The van der Waals surface area contributed by atoms with E-state index in [0.717, 1.165) is 10.8 Å². The maximum Gasteiger partial charge on any atom is 0.256 e. The molecule has 2 unspecified atom stereocenters. The van der Waals surface area contributed by atoms with Crippen LogP contribution in [0.2, 0.25) is 0 Å². The quantitative estimate of drug-likeness (QED) is 0.777. The first-order valence-corrected chi connectivity index (χ1v) is 7.76. The first-order chi connectivity index (χ1) is 11.6. The van der Waals surface area contributed by atoms with Crippen molar-refractivity contribution in [3.63, 3.8) is 0 Å². The van der Waals surface area contributed by atoms with Gasteiger partial charge in [-0.3, -0.25) is 9.78 Å². The lowest BCUT2D eigenvalue weighted by Crippen LogP contribution is -2.32. The van der Waals surface area contributed by atoms with Gasteiger partial charge in [-0.15, -0.1) is 0 Å². The maximum atomic E-state index is 12.4. The predicted molar refractivity (Wildman–Crippen MR) is 89.1 cm³/mol. The van der Waals surface area contributed by atoms with Crippen LogP contribution in [0.4, 0.5) is 0 Å². The highest BCUT2D eigenvalue weighted by Crippen LogP contribution is 2.32. The fourth-order valence-corrected chi connectivity index (χ4v) is 3.10. The van der Waals surface area contributed by atoms with Gasteiger partial charge < -0.3 is 15.1 Å². The Hall–Kier alpha value is -2.76. The van der Waals surface area contributed by atoms with E-state index in [1.54, 1.807) is 36.5 Å². The molecule has 5 heteroatoms. The summed E-state index contributed by atoms with van der Waals surface area (Å²) in [5, 5.41) is 22.8. The second kappa shape index (κ2) is 5.70. The second-order valence-corrected chi connectivity index (χ2v) is 5.89. The smallest absolute Gasteiger partial charge is 0.256 e. The van der Waals surface area contributed by atoms with Gasteiger partial charge in [0.25, 0.3) is 5.91 Å². The topological polar surface area (TPSA) is 73.7 Å². The van der Waals surface area contributed by atoms with Gasteiger partial charge in [0.1, 0.15) is 6.10 Å². The van der Waals surface area contributed by atoms with Crippen molar-refractivity contribution >= 4 is 16.7 Å². The molecule has 2 atom stereocenters. The lowest BCUT2D eigenvalue weighted by atomic mass is 10.1. The summed E-state index contributed by atoms with van der Waals surface area (Å²) in [7, 11) is 0. The molecule has 2 N–H and O–H groups in total. The summed E-state index contributed by atoms with van der Waals surface area (Å²) in [6, 6.07) is 16.5. The van der Waals surface area contributed by atoms with E-state index in [1.165, 1.54) is 4.90 Å². The molecular formula is C19H16N2O3. The molecule has 0 fully saturated rings. The number of fused-ring (bicyclic) bond motifs is 2. The van der Waals surface area contributed by atoms with Crippen molar-refractivity contribution in [2.75, 3.05) is 6.54 Å². The molecule has 1 amide bonds. The third kappa shape index (κ3) is 2.35. The highest BCUT2D eigenvalue weighted by Gasteiger charge is 2.36. The summed E-state index contributed by atoms with van der Waals surface area (Å²) >= 11 is 0. The molecular weight excluding hydrogens is 304 g/mol. The van der Waals surface area contributed by atoms with Gasteiger partial charge in [0.05, 0.1) is 12.2 Å². The standard InChI is InChI=1S/C19H16N2O3/c22-17(16-9-12-5-1-2-6-13(12)10-20-16)11-21-18(23)14-7-3-4-8-15(14)19(21)24/h1-10,17-18,22-23H,11H2. The Labute approximate surface area is 138 Å². The highest BCUT2D eigenvalue weighted by molar-refractivity contribution is 5.98. The molecule has 0 spiro atoms. The third-order valence-electron chi connectivity index (χ3n) is 4.39. The number of pyridine rings is 1. The summed E-state index contributed by atoms with van der Waals surface area (Å²) in [4.78, 5) is 18.0. The predicted octanol–water partition coefficient (Wildman–Crippen LogP) is 2.42. The Morgan fingerprint density at radius 3 is 2.58 bits per heavy atom. The number of aromatic nitrogens is 1. The van der Waals surface area contributed by atoms with Crippen molar-refractivity contribution in [1.82, 2.24) is 9.88 Å². The van der Waals surface area contributed by atoms with E-state index >= 15 is 0 Å². The Kier molecular flexibility index (Phi) is 3.52. The van der Waals surface area contributed by atoms with Gasteiger partial charge in [0.2, 0.25) is 0 Å². The number of hydrogen-bond acceptors (Lipinski definition) is 4. The molecule has 1 aliphatic heterocycles. The van der Waals surface area contributed by atoms with Crippen LogP contribution >= 0.6 is 0 Å². The molecule has 0 bridgehead atoms. The molecule has 2 aromatic carbocycles. The van der Waals surface area contributed by atoms with E-state index in [-0.39, 0.29) is 12.5 Å². The van der Waals surface area contributed by atoms with Crippen LogP contribution in [-0.4, -0.2) is 32.5 Å². The Bertz CT molecular complexity index is 925. The van der Waals surface area contributed by atoms with Crippen LogP contribution in [0.1, 0.15) is 33.9 Å². The summed E-state index contributed by atoms with van der Waals surface area (Å²) in [6.07, 6.45) is -0.309. The molecule has 0 radical (unpaired) electrons. The number of carbonyl (C=O) groups excluding carboxylic acids is 1. The van der Waals surface area contributed by atoms with Gasteiger partial charge in [0.15, 0.2) is 6.23 Å². The Morgan fingerprint density at radius 2 is 1.79 bits per heavy atom. The average Bonchev–Trinajstić information content (AvgIpc) is 2.86. The Morgan fingerprint density at radius 1 is 1.08 bits per heavy atom. The van der Waals surface area contributed by atoms with Crippen LogP contribution < -0.4 is 0 Å². The SMILES string of the molecule is O=C1c2ccccc2C(O)N1CC(O)c1cc2ccccc2cn1. The van der Waals surface area contributed by atoms with Gasteiger partial charge >= 0.3 is 0 Å². The summed E-state index contributed by atoms with van der Waals surface area (Å²) < 4.78 is 0. The van der Waals surface area contributed by atoms with Crippen LogP contribution in [0.25, 0.3) is 10.8 Å². The maximum absolute atomic E-state index is 12.4. The molecule has 1 aromatic heterocycles. The molecule has 0 aliphatic carbocycles. The number of carbonyl (C=O) groups is 1. The van der Waals surface area contributed by atoms with Crippen LogP contribution in [0.15, 0.2) is 60.8 Å². The molecule has 5 nitrogen and oxygen atoms in total. The van der Waals surface area contributed by atoms with E-state index < -0.39 is 12.3 Å². The van der Waals surface area contributed by atoms with Crippen molar-refractivity contribution < 1.29 is 15.0 Å². The number of hydrogen-bond donors (Lipinski definition) is 2. The zero-order chi connectivity index (χ0) is 16.7. The van der Waals surface area contributed by atoms with Gasteiger partial charge in [0, 0.05) is 22.7 Å². The minimum Gasteiger partial charge on any atom is -0.385 e. The fourth-order valence-electron chi connectivity index (χ4n) is 3.10. The second-order valence-electron chi connectivity index (χ2n) is 5.89. The molecule has 3 aromatic rings. The van der Waals surface area contributed by atoms with Gasteiger partial charge in [-0.05, 0) is 17.5 Å². The summed E-state index contributed by atoms with van der Waals surface area (Å²) in [6.45, 7) is -0.0139. The highest BCUT2D eigenvalue weighted by atomic mass is 16.3. The van der Waals surface area contributed by atoms with Crippen molar-refractivity contribution in [3.8, 4) is 0 Å². The van der Waals surface area contributed by atoms with E-state index in [0.29, 0.717) is 16.8 Å². The molecule has 120 valence electrons. The van der Waals surface area contributed by atoms with Gasteiger partial charge in [-0.1, -0.05) is 42.5 Å². The van der Waals surface area contributed by atoms with Crippen LogP contribution in [-0.2, 0) is 0 Å². The first kappa shape index (κ1) is 14.8. The van der Waals surface area contributed by atoms with E-state index in [9.17, 15) is 15.0 Å². The average molecular weight is 320 g/mol. The monoisotopic (exact) mass is 320 g/mol. The number of benzene rings is 2. The first-order valence-electron chi connectivity index (χ1n) is 7.76. The van der Waals surface area contributed by atoms with Crippen LogP contribution in [0, 0.1) is 0 Å². The van der Waals surface area contributed by atoms with E-state index in [4.69, 9.17) is 0 Å². The molecule has 0 saturated carbocycles. The van der Waals surface area contributed by atoms with Crippen molar-refractivity contribution in [2.24, 2.45) is 0 Å². The van der Waals surface area contributed by atoms with Gasteiger partial charge in [-0.2, -0.15) is 0 Å². The number of rotatable bonds is 3. The molecule has 0 saturated heterocycles. The number of nitrogens with zero attached hydrogens (tertiary/aromatic N) is 2. The van der Waals surface area contributed by atoms with Crippen molar-refractivity contribution in [2.45, 2.75) is 12.3 Å². The molecule has 1 aliphatic rings. The van der Waals surface area contributed by atoms with E-state index in [2.05, 4.69) is 4.98 Å². The van der Waals surface area contributed by atoms with Crippen molar-refractivity contribution in [3.05, 3.63) is 77.6 Å². The number of amides is 1. The fraction of sp³-hybridized carbons (Fsp3) is 0.158.